The second-order valence-corrected chi connectivity index (χ2v) is 9.78. The molecule has 4 aromatic carbocycles. The summed E-state index contributed by atoms with van der Waals surface area (Å²) in [6, 6.07) is 21.7. The lowest BCUT2D eigenvalue weighted by Gasteiger charge is -2.37. The van der Waals surface area contributed by atoms with Gasteiger partial charge >= 0.3 is 0 Å². The van der Waals surface area contributed by atoms with Crippen LogP contribution in [0.25, 0.3) is 16.8 Å². The molecule has 1 atom stereocenters. The third-order valence-corrected chi connectivity index (χ3v) is 7.65. The highest BCUT2D eigenvalue weighted by Gasteiger charge is 2.38. The summed E-state index contributed by atoms with van der Waals surface area (Å²) in [5.74, 6) is 1.55. The van der Waals surface area contributed by atoms with Crippen molar-refractivity contribution < 1.29 is 18.6 Å². The van der Waals surface area contributed by atoms with Gasteiger partial charge in [0.2, 0.25) is 0 Å². The first-order valence-electron chi connectivity index (χ1n) is 12.7. The van der Waals surface area contributed by atoms with Gasteiger partial charge in [0.15, 0.2) is 5.60 Å². The van der Waals surface area contributed by atoms with Gasteiger partial charge in [0.1, 0.15) is 23.1 Å². The standard InChI is InChI=1S/C32H30FNO3/c1-21-18-28-29(19-26(36-3)20-30(28)33)31-27(21)14-15-32(37-31,23-8-12-25(35-2)13-9-23)22-6-10-24(11-7-22)34-16-4-5-17-34/h6-15,18-20H,4-5,16-17H2,1-3H3. The molecule has 0 aliphatic carbocycles. The van der Waals surface area contributed by atoms with Crippen molar-refractivity contribution in [2.24, 2.45) is 0 Å². The zero-order valence-corrected chi connectivity index (χ0v) is 21.4. The van der Waals surface area contributed by atoms with Crippen LogP contribution in [0, 0.1) is 12.7 Å². The molecule has 188 valence electrons. The molecule has 2 heterocycles. The summed E-state index contributed by atoms with van der Waals surface area (Å²) < 4.78 is 33.0. The highest BCUT2D eigenvalue weighted by atomic mass is 19.1. The normalized spacial score (nSPS) is 18.5. The molecular weight excluding hydrogens is 465 g/mol. The Labute approximate surface area is 216 Å². The van der Waals surface area contributed by atoms with Gasteiger partial charge in [0.05, 0.1) is 14.2 Å². The first-order chi connectivity index (χ1) is 18.0. The summed E-state index contributed by atoms with van der Waals surface area (Å²) in [6.45, 7) is 4.16. The Morgan fingerprint density at radius 3 is 2.11 bits per heavy atom. The summed E-state index contributed by atoms with van der Waals surface area (Å²) in [6.07, 6.45) is 6.67. The summed E-state index contributed by atoms with van der Waals surface area (Å²) >= 11 is 0. The van der Waals surface area contributed by atoms with Gasteiger partial charge in [-0.1, -0.05) is 30.3 Å². The number of rotatable bonds is 5. The molecular formula is C32H30FNO3. The number of halogens is 1. The first kappa shape index (κ1) is 23.4. The van der Waals surface area contributed by atoms with E-state index in [1.165, 1.54) is 24.6 Å². The topological polar surface area (TPSA) is 30.9 Å². The van der Waals surface area contributed by atoms with Crippen molar-refractivity contribution in [1.82, 2.24) is 0 Å². The fourth-order valence-electron chi connectivity index (χ4n) is 5.59. The third-order valence-electron chi connectivity index (χ3n) is 7.65. The van der Waals surface area contributed by atoms with E-state index in [9.17, 15) is 0 Å². The molecule has 1 unspecified atom stereocenters. The average Bonchev–Trinajstić information content (AvgIpc) is 3.49. The largest absolute Gasteiger partial charge is 0.497 e. The van der Waals surface area contributed by atoms with Gasteiger partial charge in [-0.25, -0.2) is 4.39 Å². The Balaban J connectivity index is 1.54. The van der Waals surface area contributed by atoms with Crippen LogP contribution < -0.4 is 19.1 Å². The molecule has 0 bridgehead atoms. The van der Waals surface area contributed by atoms with Crippen molar-refractivity contribution in [2.75, 3.05) is 32.2 Å². The summed E-state index contributed by atoms with van der Waals surface area (Å²) in [7, 11) is 3.21. The van der Waals surface area contributed by atoms with Gasteiger partial charge in [-0.3, -0.25) is 0 Å². The predicted molar refractivity (Wildman–Crippen MR) is 147 cm³/mol. The van der Waals surface area contributed by atoms with Crippen molar-refractivity contribution >= 4 is 22.5 Å². The molecule has 0 amide bonds. The predicted octanol–water partition coefficient (Wildman–Crippen LogP) is 7.25. The quantitative estimate of drug-likeness (QED) is 0.292. The zero-order valence-electron chi connectivity index (χ0n) is 21.4. The highest BCUT2D eigenvalue weighted by molar-refractivity contribution is 5.95. The van der Waals surface area contributed by atoms with E-state index in [4.69, 9.17) is 14.2 Å². The number of methoxy groups -OCH3 is 2. The molecule has 6 rings (SSSR count). The van der Waals surface area contributed by atoms with Crippen LogP contribution in [-0.4, -0.2) is 27.3 Å². The molecule has 0 radical (unpaired) electrons. The highest BCUT2D eigenvalue weighted by Crippen LogP contribution is 2.47. The number of nitrogens with zero attached hydrogens (tertiary/aromatic N) is 1. The van der Waals surface area contributed by atoms with Gasteiger partial charge in [-0.05, 0) is 67.8 Å². The SMILES string of the molecule is COc1ccc(C2(c3ccc(N4CCCC4)cc3)C=Cc3c(C)cc4c(F)cc(OC)cc4c3O2)cc1. The van der Waals surface area contributed by atoms with Gasteiger partial charge in [-0.2, -0.15) is 0 Å². The molecule has 0 spiro atoms. The number of hydrogen-bond donors (Lipinski definition) is 0. The Kier molecular flexibility index (Phi) is 5.79. The van der Waals surface area contributed by atoms with Gasteiger partial charge in [-0.15, -0.1) is 0 Å². The maximum Gasteiger partial charge on any atom is 0.178 e. The van der Waals surface area contributed by atoms with Crippen LogP contribution in [-0.2, 0) is 5.60 Å². The lowest BCUT2D eigenvalue weighted by molar-refractivity contribution is 0.163. The molecule has 0 N–H and O–H groups in total. The second kappa shape index (κ2) is 9.15. The van der Waals surface area contributed by atoms with E-state index in [0.717, 1.165) is 41.1 Å². The first-order valence-corrected chi connectivity index (χ1v) is 12.7. The van der Waals surface area contributed by atoms with E-state index in [1.54, 1.807) is 14.2 Å². The fourth-order valence-corrected chi connectivity index (χ4v) is 5.59. The number of anilines is 1. The summed E-state index contributed by atoms with van der Waals surface area (Å²) in [4.78, 5) is 2.42. The summed E-state index contributed by atoms with van der Waals surface area (Å²) in [5, 5.41) is 1.20. The molecule has 1 saturated heterocycles. The van der Waals surface area contributed by atoms with E-state index < -0.39 is 5.60 Å². The zero-order chi connectivity index (χ0) is 25.6. The van der Waals surface area contributed by atoms with Crippen molar-refractivity contribution in [3.05, 3.63) is 101 Å². The van der Waals surface area contributed by atoms with Crippen LogP contribution in [0.4, 0.5) is 10.1 Å². The maximum absolute atomic E-state index is 15.1. The molecule has 37 heavy (non-hydrogen) atoms. The lowest BCUT2D eigenvalue weighted by Crippen LogP contribution is -2.34. The van der Waals surface area contributed by atoms with Crippen LogP contribution in [0.5, 0.6) is 17.2 Å². The number of ether oxygens (including phenoxy) is 3. The molecule has 0 saturated carbocycles. The molecule has 0 aromatic heterocycles. The molecule has 2 aliphatic heterocycles. The molecule has 4 aromatic rings. The maximum atomic E-state index is 15.1. The minimum atomic E-state index is -0.900. The Bertz CT molecular complexity index is 1490. The molecule has 1 fully saturated rings. The fraction of sp³-hybridized carbons (Fsp3) is 0.250. The van der Waals surface area contributed by atoms with E-state index in [2.05, 4.69) is 41.3 Å². The number of benzene rings is 4. The molecule has 4 nitrogen and oxygen atoms in total. The third kappa shape index (κ3) is 3.90. The van der Waals surface area contributed by atoms with E-state index in [-0.39, 0.29) is 5.82 Å². The average molecular weight is 496 g/mol. The Hall–Kier alpha value is -3.99. The van der Waals surface area contributed by atoms with Crippen LogP contribution in [0.3, 0.4) is 0 Å². The smallest absolute Gasteiger partial charge is 0.178 e. The summed E-state index contributed by atoms with van der Waals surface area (Å²) in [5.41, 5.74) is 4.18. The van der Waals surface area contributed by atoms with Gasteiger partial charge < -0.3 is 19.1 Å². The minimum Gasteiger partial charge on any atom is -0.497 e. The second-order valence-electron chi connectivity index (χ2n) is 9.78. The van der Waals surface area contributed by atoms with E-state index >= 15 is 4.39 Å². The van der Waals surface area contributed by atoms with Gasteiger partial charge in [0, 0.05) is 52.3 Å². The number of hydrogen-bond acceptors (Lipinski definition) is 4. The van der Waals surface area contributed by atoms with Crippen molar-refractivity contribution in [3.63, 3.8) is 0 Å². The Morgan fingerprint density at radius 1 is 0.811 bits per heavy atom. The van der Waals surface area contributed by atoms with Crippen molar-refractivity contribution in [1.29, 1.82) is 0 Å². The monoisotopic (exact) mass is 495 g/mol. The van der Waals surface area contributed by atoms with E-state index in [0.29, 0.717) is 22.3 Å². The number of fused-ring (bicyclic) bond motifs is 3. The minimum absolute atomic E-state index is 0.330. The van der Waals surface area contributed by atoms with E-state index in [1.807, 2.05) is 43.3 Å². The van der Waals surface area contributed by atoms with Crippen LogP contribution in [0.1, 0.15) is 35.1 Å². The molecule has 2 aliphatic rings. The van der Waals surface area contributed by atoms with Crippen LogP contribution in [0.2, 0.25) is 0 Å². The van der Waals surface area contributed by atoms with Crippen molar-refractivity contribution in [3.8, 4) is 17.2 Å². The van der Waals surface area contributed by atoms with Crippen LogP contribution >= 0.6 is 0 Å². The molecule has 5 heteroatoms. The number of aryl methyl sites for hydroxylation is 1. The Morgan fingerprint density at radius 2 is 1.46 bits per heavy atom. The van der Waals surface area contributed by atoms with Gasteiger partial charge in [0.25, 0.3) is 0 Å². The van der Waals surface area contributed by atoms with Crippen LogP contribution in [0.15, 0.2) is 72.8 Å². The lowest BCUT2D eigenvalue weighted by atomic mass is 9.82. The van der Waals surface area contributed by atoms with Crippen molar-refractivity contribution in [2.45, 2.75) is 25.4 Å².